The molecule has 156 valence electrons. The van der Waals surface area contributed by atoms with Gasteiger partial charge in [0.15, 0.2) is 5.82 Å². The van der Waals surface area contributed by atoms with Crippen LogP contribution < -0.4 is 4.74 Å². The van der Waals surface area contributed by atoms with Crippen molar-refractivity contribution in [1.29, 1.82) is 0 Å². The third kappa shape index (κ3) is 4.30. The van der Waals surface area contributed by atoms with Crippen molar-refractivity contribution in [2.24, 2.45) is 5.92 Å². The lowest BCUT2D eigenvalue weighted by atomic mass is 9.99. The number of halogens is 3. The molecule has 0 aliphatic carbocycles. The van der Waals surface area contributed by atoms with Gasteiger partial charge >= 0.3 is 12.2 Å². The van der Waals surface area contributed by atoms with Crippen LogP contribution in [0.1, 0.15) is 24.5 Å². The van der Waals surface area contributed by atoms with E-state index in [0.717, 1.165) is 23.2 Å². The summed E-state index contributed by atoms with van der Waals surface area (Å²) in [7, 11) is 0. The maximum absolute atomic E-state index is 13.0. The van der Waals surface area contributed by atoms with Crippen molar-refractivity contribution < 1.29 is 22.7 Å². The van der Waals surface area contributed by atoms with Gasteiger partial charge in [0.1, 0.15) is 5.75 Å². The second-order valence-electron chi connectivity index (χ2n) is 7.37. The Balaban J connectivity index is 1.35. The minimum Gasteiger partial charge on any atom is -0.493 e. The molecular weight excluding hydrogens is 387 g/mol. The molecule has 2 aliphatic heterocycles. The number of benzene rings is 1. The predicted octanol–water partition coefficient (Wildman–Crippen LogP) is 3.02. The Hall–Kier alpha value is -2.78. The summed E-state index contributed by atoms with van der Waals surface area (Å²) in [5.41, 5.74) is 0. The van der Waals surface area contributed by atoms with Crippen molar-refractivity contribution in [3.05, 3.63) is 42.0 Å². The van der Waals surface area contributed by atoms with Crippen molar-refractivity contribution in [3.63, 3.8) is 0 Å². The Kier molecular flexibility index (Phi) is 5.33. The van der Waals surface area contributed by atoms with E-state index in [1.54, 1.807) is 9.80 Å². The van der Waals surface area contributed by atoms with Crippen LogP contribution in [0.3, 0.4) is 0 Å². The fourth-order valence-corrected chi connectivity index (χ4v) is 3.84. The lowest BCUT2D eigenvalue weighted by molar-refractivity contribution is -0.147. The van der Waals surface area contributed by atoms with E-state index in [0.29, 0.717) is 19.7 Å². The summed E-state index contributed by atoms with van der Waals surface area (Å²) < 4.78 is 45.8. The van der Waals surface area contributed by atoms with Gasteiger partial charge in [-0.25, -0.2) is 4.79 Å². The Morgan fingerprint density at radius 1 is 1.10 bits per heavy atom. The number of hydrogen-bond donors (Lipinski definition) is 0. The van der Waals surface area contributed by atoms with Crippen molar-refractivity contribution in [3.8, 4) is 5.75 Å². The molecule has 1 aromatic carbocycles. The molecule has 0 radical (unpaired) electrons. The fourth-order valence-electron chi connectivity index (χ4n) is 3.84. The average Bonchev–Trinajstić information content (AvgIpc) is 3.16. The third-order valence-electron chi connectivity index (χ3n) is 5.30. The van der Waals surface area contributed by atoms with Gasteiger partial charge in [-0.3, -0.25) is 0 Å². The van der Waals surface area contributed by atoms with E-state index in [1.165, 1.54) is 0 Å². The summed E-state index contributed by atoms with van der Waals surface area (Å²) in [5, 5.41) is 6.90. The summed E-state index contributed by atoms with van der Waals surface area (Å²) >= 11 is 0. The van der Waals surface area contributed by atoms with Gasteiger partial charge in [-0.1, -0.05) is 18.2 Å². The summed E-state index contributed by atoms with van der Waals surface area (Å²) in [5.74, 6) is 0.179. The van der Waals surface area contributed by atoms with Gasteiger partial charge in [-0.2, -0.15) is 13.2 Å². The van der Waals surface area contributed by atoms with Crippen LogP contribution in [0.15, 0.2) is 30.3 Å². The summed E-state index contributed by atoms with van der Waals surface area (Å²) in [6, 6.07) is 9.36. The van der Waals surface area contributed by atoms with E-state index >= 15 is 0 Å². The molecule has 0 saturated carbocycles. The smallest absolute Gasteiger partial charge is 0.451 e. The Bertz CT molecular complexity index is 855. The standard InChI is InChI=1S/C19H22F3N5O2/c20-19(21,22)17-24-23-16-12-26(9-10-27(16)17)18(28)25-8-4-5-14(11-25)13-29-15-6-2-1-3-7-15/h1-3,6-7,14H,4-5,8-13H2. The van der Waals surface area contributed by atoms with Crippen molar-refractivity contribution in [2.75, 3.05) is 26.2 Å². The lowest BCUT2D eigenvalue weighted by Crippen LogP contribution is -2.50. The zero-order valence-electron chi connectivity index (χ0n) is 15.8. The van der Waals surface area contributed by atoms with Crippen LogP contribution in [0.25, 0.3) is 0 Å². The van der Waals surface area contributed by atoms with Gasteiger partial charge < -0.3 is 19.1 Å². The molecule has 3 heterocycles. The predicted molar refractivity (Wildman–Crippen MR) is 97.1 cm³/mol. The van der Waals surface area contributed by atoms with E-state index in [9.17, 15) is 18.0 Å². The average molecular weight is 409 g/mol. The molecule has 7 nitrogen and oxygen atoms in total. The van der Waals surface area contributed by atoms with Crippen molar-refractivity contribution in [2.45, 2.75) is 32.1 Å². The van der Waals surface area contributed by atoms with Crippen LogP contribution in [0.5, 0.6) is 5.75 Å². The van der Waals surface area contributed by atoms with Gasteiger partial charge in [0.2, 0.25) is 5.82 Å². The van der Waals surface area contributed by atoms with Crippen LogP contribution in [-0.4, -0.2) is 56.8 Å². The third-order valence-corrected chi connectivity index (χ3v) is 5.30. The number of hydrogen-bond acceptors (Lipinski definition) is 4. The number of rotatable bonds is 3. The molecule has 0 N–H and O–H groups in total. The topological polar surface area (TPSA) is 63.5 Å². The fraction of sp³-hybridized carbons (Fsp3) is 0.526. The van der Waals surface area contributed by atoms with Crippen LogP contribution in [0.2, 0.25) is 0 Å². The number of urea groups is 1. The van der Waals surface area contributed by atoms with E-state index in [2.05, 4.69) is 10.2 Å². The lowest BCUT2D eigenvalue weighted by Gasteiger charge is -2.37. The van der Waals surface area contributed by atoms with Crippen LogP contribution in [0, 0.1) is 5.92 Å². The molecule has 0 spiro atoms. The highest BCUT2D eigenvalue weighted by atomic mass is 19.4. The number of para-hydroxylation sites is 1. The minimum atomic E-state index is -4.55. The number of carbonyl (C=O) groups excluding carboxylic acids is 1. The van der Waals surface area contributed by atoms with Crippen molar-refractivity contribution >= 4 is 6.03 Å². The van der Waals surface area contributed by atoms with Gasteiger partial charge in [-0.15, -0.1) is 10.2 Å². The number of fused-ring (bicyclic) bond motifs is 1. The number of likely N-dealkylation sites (tertiary alicyclic amines) is 1. The number of piperidine rings is 1. The van der Waals surface area contributed by atoms with Crippen LogP contribution in [-0.2, 0) is 19.3 Å². The molecule has 2 aromatic rings. The Morgan fingerprint density at radius 3 is 2.66 bits per heavy atom. The molecule has 10 heteroatoms. The summed E-state index contributed by atoms with van der Waals surface area (Å²) in [4.78, 5) is 16.2. The zero-order chi connectivity index (χ0) is 20.4. The molecule has 29 heavy (non-hydrogen) atoms. The molecule has 1 aromatic heterocycles. The van der Waals surface area contributed by atoms with Gasteiger partial charge in [0, 0.05) is 32.1 Å². The van der Waals surface area contributed by atoms with Gasteiger partial charge in [0.25, 0.3) is 0 Å². The quantitative estimate of drug-likeness (QED) is 0.782. The highest BCUT2D eigenvalue weighted by Crippen LogP contribution is 2.30. The van der Waals surface area contributed by atoms with E-state index in [4.69, 9.17) is 4.74 Å². The molecule has 1 atom stereocenters. The number of amides is 2. The summed E-state index contributed by atoms with van der Waals surface area (Å²) in [6.07, 6.45) is -2.70. The number of nitrogens with zero attached hydrogens (tertiary/aromatic N) is 5. The molecule has 2 amide bonds. The molecule has 0 bridgehead atoms. The number of carbonyl (C=O) groups is 1. The Labute approximate surface area is 166 Å². The molecule has 1 fully saturated rings. The number of ether oxygens (including phenoxy) is 1. The normalized spacial score (nSPS) is 19.8. The van der Waals surface area contributed by atoms with Crippen LogP contribution in [0.4, 0.5) is 18.0 Å². The van der Waals surface area contributed by atoms with Crippen molar-refractivity contribution in [1.82, 2.24) is 24.6 Å². The second-order valence-corrected chi connectivity index (χ2v) is 7.37. The SMILES string of the molecule is O=C(N1CCn2c(nnc2C(F)(F)F)C1)N1CCCC(COc2ccccc2)C1. The molecule has 4 rings (SSSR count). The molecular formula is C19H22F3N5O2. The maximum Gasteiger partial charge on any atom is 0.451 e. The van der Waals surface area contributed by atoms with E-state index in [-0.39, 0.29) is 37.4 Å². The second kappa shape index (κ2) is 7.92. The molecule has 2 aliphatic rings. The number of alkyl halides is 3. The van der Waals surface area contributed by atoms with Crippen LogP contribution >= 0.6 is 0 Å². The monoisotopic (exact) mass is 409 g/mol. The minimum absolute atomic E-state index is 0.0313. The Morgan fingerprint density at radius 2 is 1.90 bits per heavy atom. The van der Waals surface area contributed by atoms with Gasteiger partial charge in [-0.05, 0) is 25.0 Å². The maximum atomic E-state index is 13.0. The largest absolute Gasteiger partial charge is 0.493 e. The first kappa shape index (κ1) is 19.5. The van der Waals surface area contributed by atoms with Gasteiger partial charge in [0.05, 0.1) is 13.2 Å². The molecule has 1 unspecified atom stereocenters. The zero-order valence-corrected chi connectivity index (χ0v) is 15.8. The molecule has 1 saturated heterocycles. The van der Waals surface area contributed by atoms with E-state index < -0.39 is 12.0 Å². The first-order chi connectivity index (χ1) is 13.9. The highest BCUT2D eigenvalue weighted by molar-refractivity contribution is 5.74. The first-order valence-electron chi connectivity index (χ1n) is 9.63. The first-order valence-corrected chi connectivity index (χ1v) is 9.63. The summed E-state index contributed by atoms with van der Waals surface area (Å²) in [6.45, 7) is 2.01. The van der Waals surface area contributed by atoms with E-state index in [1.807, 2.05) is 30.3 Å². The highest BCUT2D eigenvalue weighted by Gasteiger charge is 2.40. The number of aromatic nitrogens is 3.